The van der Waals surface area contributed by atoms with E-state index in [4.69, 9.17) is 0 Å². The van der Waals surface area contributed by atoms with Crippen LogP contribution in [0.15, 0.2) is 22.7 Å². The van der Waals surface area contributed by atoms with Gasteiger partial charge in [0.2, 0.25) is 9.84 Å². The van der Waals surface area contributed by atoms with E-state index in [0.29, 0.717) is 4.47 Å². The lowest BCUT2D eigenvalue weighted by Gasteiger charge is -2.09. The number of hydrogen-bond acceptors (Lipinski definition) is 3. The summed E-state index contributed by atoms with van der Waals surface area (Å²) in [6, 6.07) is 3.47. The number of halogens is 4. The van der Waals surface area contributed by atoms with E-state index in [0.717, 1.165) is 18.4 Å². The Balaban J connectivity index is 3.12. The first-order valence-corrected chi connectivity index (χ1v) is 7.03. The third-order valence-corrected chi connectivity index (χ3v) is 2.42. The maximum atomic E-state index is 12.0. The van der Waals surface area contributed by atoms with Gasteiger partial charge < -0.3 is 4.74 Å². The maximum Gasteiger partial charge on any atom is 0.573 e. The Morgan fingerprint density at radius 2 is 1.89 bits per heavy atom. The van der Waals surface area contributed by atoms with E-state index in [1.807, 2.05) is 5.25 Å². The second kappa shape index (κ2) is 5.20. The van der Waals surface area contributed by atoms with Crippen molar-refractivity contribution in [2.75, 3.05) is 6.26 Å². The lowest BCUT2D eigenvalue weighted by Crippen LogP contribution is -2.17. The molecule has 0 fully saturated rings. The van der Waals surface area contributed by atoms with Crippen LogP contribution < -0.4 is 4.74 Å². The minimum Gasteiger partial charge on any atom is -0.406 e. The van der Waals surface area contributed by atoms with Crippen LogP contribution in [0.25, 0.3) is 0 Å². The van der Waals surface area contributed by atoms with Gasteiger partial charge in [0.1, 0.15) is 5.75 Å². The van der Waals surface area contributed by atoms with Crippen molar-refractivity contribution in [2.45, 2.75) is 6.36 Å². The molecule has 1 aromatic carbocycles. The second-order valence-electron chi connectivity index (χ2n) is 3.22. The lowest BCUT2D eigenvalue weighted by molar-refractivity contribution is -0.274. The topological polar surface area (TPSA) is 43.4 Å². The Bertz CT molecular complexity index is 611. The van der Waals surface area contributed by atoms with Gasteiger partial charge in [-0.1, -0.05) is 15.9 Å². The van der Waals surface area contributed by atoms with Crippen LogP contribution in [-0.2, 0) is 9.84 Å². The summed E-state index contributed by atoms with van der Waals surface area (Å²) >= 11 is 2.98. The highest BCUT2D eigenvalue weighted by molar-refractivity contribution is 9.10. The largest absolute Gasteiger partial charge is 0.573 e. The fraction of sp³-hybridized carbons (Fsp3) is 0.200. The normalized spacial score (nSPS) is 11.6. The summed E-state index contributed by atoms with van der Waals surface area (Å²) in [4.78, 5) is 0. The van der Waals surface area contributed by atoms with Crippen LogP contribution in [0.5, 0.6) is 5.75 Å². The van der Waals surface area contributed by atoms with E-state index in [9.17, 15) is 21.6 Å². The molecule has 1 rings (SSSR count). The average Bonchev–Trinajstić information content (AvgIpc) is 2.09. The highest BCUT2D eigenvalue weighted by atomic mass is 79.9. The van der Waals surface area contributed by atoms with Crippen LogP contribution >= 0.6 is 15.9 Å². The standard InChI is InChI=1S/C10H6BrF3O3S/c1-18(15,16)3-2-7-4-8(11)6-9(5-7)17-10(12,13)14/h4-6H,1H3. The van der Waals surface area contributed by atoms with Crippen molar-refractivity contribution in [2.24, 2.45) is 0 Å². The maximum absolute atomic E-state index is 12.0. The summed E-state index contributed by atoms with van der Waals surface area (Å²) < 4.78 is 61.6. The molecule has 0 N–H and O–H groups in total. The molecule has 98 valence electrons. The third kappa shape index (κ3) is 5.93. The summed E-state index contributed by atoms with van der Waals surface area (Å²) in [5.41, 5.74) is 0.0917. The van der Waals surface area contributed by atoms with Crippen molar-refractivity contribution in [3.63, 3.8) is 0 Å². The summed E-state index contributed by atoms with van der Waals surface area (Å²) in [6.07, 6.45) is -3.92. The van der Waals surface area contributed by atoms with Crippen molar-refractivity contribution in [3.05, 3.63) is 28.2 Å². The van der Waals surface area contributed by atoms with Crippen molar-refractivity contribution < 1.29 is 26.3 Å². The third-order valence-electron chi connectivity index (χ3n) is 1.49. The SMILES string of the molecule is CS(=O)(=O)C#Cc1cc(Br)cc(OC(F)(F)F)c1. The predicted molar refractivity (Wildman–Crippen MR) is 62.5 cm³/mol. The second-order valence-corrected chi connectivity index (χ2v) is 5.89. The van der Waals surface area contributed by atoms with E-state index in [2.05, 4.69) is 26.6 Å². The number of sulfone groups is 1. The summed E-state index contributed by atoms with van der Waals surface area (Å²) in [5.74, 6) is 1.76. The Kier molecular flexibility index (Phi) is 4.29. The molecule has 0 aliphatic rings. The van der Waals surface area contributed by atoms with Crippen LogP contribution in [0, 0.1) is 11.2 Å². The van der Waals surface area contributed by atoms with Crippen molar-refractivity contribution >= 4 is 25.8 Å². The lowest BCUT2D eigenvalue weighted by atomic mass is 10.2. The van der Waals surface area contributed by atoms with Gasteiger partial charge in [0.25, 0.3) is 0 Å². The molecule has 0 saturated heterocycles. The molecule has 0 bridgehead atoms. The molecule has 0 atom stereocenters. The number of alkyl halides is 3. The van der Waals surface area contributed by atoms with Crippen molar-refractivity contribution in [3.8, 4) is 16.9 Å². The highest BCUT2D eigenvalue weighted by Crippen LogP contribution is 2.26. The minimum atomic E-state index is -4.82. The molecule has 0 aliphatic carbocycles. The summed E-state index contributed by atoms with van der Waals surface area (Å²) in [7, 11) is -3.52. The first-order valence-electron chi connectivity index (χ1n) is 4.34. The van der Waals surface area contributed by atoms with Crippen LogP contribution in [0.1, 0.15) is 5.56 Å². The molecule has 0 heterocycles. The number of benzene rings is 1. The smallest absolute Gasteiger partial charge is 0.406 e. The van der Waals surface area contributed by atoms with Crippen LogP contribution in [0.4, 0.5) is 13.2 Å². The van der Waals surface area contributed by atoms with E-state index < -0.39 is 21.9 Å². The number of hydrogen-bond donors (Lipinski definition) is 0. The first-order chi connectivity index (χ1) is 8.05. The molecular formula is C10H6BrF3O3S. The van der Waals surface area contributed by atoms with Crippen LogP contribution in [-0.4, -0.2) is 21.0 Å². The zero-order valence-electron chi connectivity index (χ0n) is 8.88. The van der Waals surface area contributed by atoms with Gasteiger partial charge in [-0.25, -0.2) is 8.42 Å². The zero-order chi connectivity index (χ0) is 14.0. The van der Waals surface area contributed by atoms with Gasteiger partial charge in [0, 0.05) is 15.3 Å². The van der Waals surface area contributed by atoms with Gasteiger partial charge >= 0.3 is 6.36 Å². The monoisotopic (exact) mass is 342 g/mol. The van der Waals surface area contributed by atoms with Crippen LogP contribution in [0.2, 0.25) is 0 Å². The van der Waals surface area contributed by atoms with Crippen molar-refractivity contribution in [1.29, 1.82) is 0 Å². The summed E-state index contributed by atoms with van der Waals surface area (Å²) in [6.45, 7) is 0. The molecule has 0 radical (unpaired) electrons. The molecular weight excluding hydrogens is 337 g/mol. The van der Waals surface area contributed by atoms with Crippen molar-refractivity contribution in [1.82, 2.24) is 0 Å². The van der Waals surface area contributed by atoms with E-state index in [1.54, 1.807) is 0 Å². The Labute approximate surface area is 110 Å². The Morgan fingerprint density at radius 1 is 1.28 bits per heavy atom. The predicted octanol–water partition coefficient (Wildman–Crippen LogP) is 2.70. The summed E-state index contributed by atoms with van der Waals surface area (Å²) in [5, 5.41) is 1.92. The van der Waals surface area contributed by atoms with E-state index in [1.165, 1.54) is 6.07 Å². The van der Waals surface area contributed by atoms with Gasteiger partial charge in [0.05, 0.1) is 6.26 Å². The minimum absolute atomic E-state index is 0.0917. The van der Waals surface area contributed by atoms with Gasteiger partial charge in [-0.2, -0.15) is 0 Å². The van der Waals surface area contributed by atoms with E-state index >= 15 is 0 Å². The molecule has 0 spiro atoms. The Morgan fingerprint density at radius 3 is 2.39 bits per heavy atom. The zero-order valence-corrected chi connectivity index (χ0v) is 11.3. The molecule has 0 aromatic heterocycles. The quantitative estimate of drug-likeness (QED) is 0.737. The molecule has 0 unspecified atom stereocenters. The molecule has 0 saturated carbocycles. The van der Waals surface area contributed by atoms with E-state index in [-0.39, 0.29) is 5.56 Å². The fourth-order valence-corrected chi connectivity index (χ4v) is 1.75. The molecule has 0 aliphatic heterocycles. The van der Waals surface area contributed by atoms with Crippen LogP contribution in [0.3, 0.4) is 0 Å². The van der Waals surface area contributed by atoms with Gasteiger partial charge in [-0.05, 0) is 24.1 Å². The number of rotatable bonds is 1. The average molecular weight is 343 g/mol. The molecule has 18 heavy (non-hydrogen) atoms. The number of ether oxygens (including phenoxy) is 1. The van der Waals surface area contributed by atoms with Gasteiger partial charge in [0.15, 0.2) is 0 Å². The molecule has 0 amide bonds. The molecule has 8 heteroatoms. The molecule has 3 nitrogen and oxygen atoms in total. The first kappa shape index (κ1) is 14.9. The molecule has 1 aromatic rings. The van der Waals surface area contributed by atoms with Gasteiger partial charge in [-0.3, -0.25) is 0 Å². The van der Waals surface area contributed by atoms with Gasteiger partial charge in [-0.15, -0.1) is 13.2 Å². The fourth-order valence-electron chi connectivity index (χ4n) is 0.979. The Hall–Kier alpha value is -1.20. The highest BCUT2D eigenvalue weighted by Gasteiger charge is 2.31.